The fraction of sp³-hybridized carbons (Fsp3) is 0.250. The Hall–Kier alpha value is -1.51. The number of benzene rings is 2. The van der Waals surface area contributed by atoms with E-state index >= 15 is 0 Å². The van der Waals surface area contributed by atoms with Crippen molar-refractivity contribution in [1.29, 1.82) is 0 Å². The van der Waals surface area contributed by atoms with Crippen LogP contribution in [0.4, 0.5) is 0 Å². The van der Waals surface area contributed by atoms with Crippen LogP contribution >= 0.6 is 12.4 Å². The summed E-state index contributed by atoms with van der Waals surface area (Å²) in [5, 5.41) is 3.55. The van der Waals surface area contributed by atoms with Crippen molar-refractivity contribution >= 4 is 12.4 Å². The van der Waals surface area contributed by atoms with Crippen LogP contribution in [0.1, 0.15) is 11.1 Å². The zero-order valence-corrected chi connectivity index (χ0v) is 11.5. The fourth-order valence-corrected chi connectivity index (χ4v) is 2.32. The Labute approximate surface area is 120 Å². The van der Waals surface area contributed by atoms with Gasteiger partial charge >= 0.3 is 0 Å². The predicted molar refractivity (Wildman–Crippen MR) is 80.0 cm³/mol. The van der Waals surface area contributed by atoms with Gasteiger partial charge in [-0.3, -0.25) is 0 Å². The number of para-hydroxylation sites is 1. The topological polar surface area (TPSA) is 21.3 Å². The van der Waals surface area contributed by atoms with Gasteiger partial charge in [-0.25, -0.2) is 0 Å². The summed E-state index contributed by atoms with van der Waals surface area (Å²) < 4.78 is 5.76. The highest BCUT2D eigenvalue weighted by atomic mass is 35.5. The molecule has 0 amide bonds. The van der Waals surface area contributed by atoms with E-state index < -0.39 is 0 Å². The largest absolute Gasteiger partial charge is 0.492 e. The summed E-state index contributed by atoms with van der Waals surface area (Å²) in [4.78, 5) is 0. The van der Waals surface area contributed by atoms with Crippen LogP contribution in [0.2, 0.25) is 0 Å². The molecule has 3 heteroatoms. The lowest BCUT2D eigenvalue weighted by molar-refractivity contribution is 0.238. The minimum atomic E-state index is 0. The van der Waals surface area contributed by atoms with Gasteiger partial charge in [0.25, 0.3) is 0 Å². The Morgan fingerprint density at radius 2 is 1.74 bits per heavy atom. The third-order valence-electron chi connectivity index (χ3n) is 3.32. The van der Waals surface area contributed by atoms with Gasteiger partial charge in [0.1, 0.15) is 12.4 Å². The monoisotopic (exact) mass is 275 g/mol. The molecule has 1 aliphatic heterocycles. The van der Waals surface area contributed by atoms with E-state index in [0.717, 1.165) is 25.3 Å². The Bertz CT molecular complexity index is 515. The summed E-state index contributed by atoms with van der Waals surface area (Å²) in [7, 11) is 0. The molecule has 0 aromatic heterocycles. The second-order valence-electron chi connectivity index (χ2n) is 4.69. The van der Waals surface area contributed by atoms with Crippen molar-refractivity contribution in [2.75, 3.05) is 6.61 Å². The van der Waals surface area contributed by atoms with Gasteiger partial charge in [0.2, 0.25) is 0 Å². The third-order valence-corrected chi connectivity index (χ3v) is 3.32. The molecule has 0 saturated carbocycles. The molecule has 0 aliphatic carbocycles. The molecule has 0 fully saturated rings. The minimum absolute atomic E-state index is 0. The summed E-state index contributed by atoms with van der Waals surface area (Å²) >= 11 is 0. The first-order valence-corrected chi connectivity index (χ1v) is 6.40. The molecule has 1 atom stereocenters. The number of fused-ring (bicyclic) bond motifs is 1. The number of rotatable bonds is 3. The summed E-state index contributed by atoms with van der Waals surface area (Å²) in [5.74, 6) is 1.04. The molecular weight excluding hydrogens is 258 g/mol. The maximum absolute atomic E-state index is 5.76. The highest BCUT2D eigenvalue weighted by Gasteiger charge is 2.18. The molecular formula is C16H18ClNO. The fourth-order valence-electron chi connectivity index (χ4n) is 2.32. The van der Waals surface area contributed by atoms with E-state index in [0.29, 0.717) is 6.04 Å². The van der Waals surface area contributed by atoms with E-state index in [9.17, 15) is 0 Å². The van der Waals surface area contributed by atoms with Crippen LogP contribution < -0.4 is 10.1 Å². The molecule has 0 bridgehead atoms. The van der Waals surface area contributed by atoms with Crippen LogP contribution in [0.5, 0.6) is 5.75 Å². The molecule has 0 spiro atoms. The lowest BCUT2D eigenvalue weighted by Gasteiger charge is -2.26. The van der Waals surface area contributed by atoms with Gasteiger partial charge in [0.15, 0.2) is 0 Å². The molecule has 2 nitrogen and oxygen atoms in total. The van der Waals surface area contributed by atoms with Crippen molar-refractivity contribution in [3.05, 3.63) is 65.7 Å². The van der Waals surface area contributed by atoms with Gasteiger partial charge in [-0.1, -0.05) is 48.5 Å². The lowest BCUT2D eigenvalue weighted by Crippen LogP contribution is -2.38. The van der Waals surface area contributed by atoms with Crippen molar-refractivity contribution in [3.63, 3.8) is 0 Å². The average Bonchev–Trinajstić information content (AvgIpc) is 2.46. The normalized spacial score (nSPS) is 16.9. The third kappa shape index (κ3) is 3.49. The SMILES string of the molecule is Cl.c1ccc(CN[C@H]2COc3ccccc3C2)cc1. The van der Waals surface area contributed by atoms with Crippen LogP contribution in [0.3, 0.4) is 0 Å². The van der Waals surface area contributed by atoms with E-state index in [1.807, 2.05) is 18.2 Å². The Balaban J connectivity index is 0.00000133. The van der Waals surface area contributed by atoms with Crippen molar-refractivity contribution in [2.45, 2.75) is 19.0 Å². The van der Waals surface area contributed by atoms with Gasteiger partial charge in [0.05, 0.1) is 0 Å². The molecule has 1 heterocycles. The second kappa shape index (κ2) is 6.60. The molecule has 19 heavy (non-hydrogen) atoms. The molecule has 2 aromatic rings. The number of hydrogen-bond acceptors (Lipinski definition) is 2. The van der Waals surface area contributed by atoms with Crippen molar-refractivity contribution in [2.24, 2.45) is 0 Å². The lowest BCUT2D eigenvalue weighted by atomic mass is 10.0. The van der Waals surface area contributed by atoms with E-state index in [1.54, 1.807) is 0 Å². The van der Waals surface area contributed by atoms with Gasteiger partial charge in [-0.05, 0) is 23.6 Å². The van der Waals surface area contributed by atoms with Crippen LogP contribution in [-0.2, 0) is 13.0 Å². The summed E-state index contributed by atoms with van der Waals surface area (Å²) in [6.45, 7) is 1.65. The quantitative estimate of drug-likeness (QED) is 0.929. The number of ether oxygens (including phenoxy) is 1. The molecule has 0 saturated heterocycles. The van der Waals surface area contributed by atoms with Crippen LogP contribution in [0, 0.1) is 0 Å². The molecule has 1 N–H and O–H groups in total. The van der Waals surface area contributed by atoms with Gasteiger partial charge in [-0.2, -0.15) is 0 Å². The molecule has 1 aliphatic rings. The zero-order valence-electron chi connectivity index (χ0n) is 10.7. The minimum Gasteiger partial charge on any atom is -0.492 e. The Kier molecular flexibility index (Phi) is 4.83. The smallest absolute Gasteiger partial charge is 0.122 e. The highest BCUT2D eigenvalue weighted by molar-refractivity contribution is 5.85. The van der Waals surface area contributed by atoms with Crippen LogP contribution in [0.15, 0.2) is 54.6 Å². The number of nitrogens with one attached hydrogen (secondary N) is 1. The second-order valence-corrected chi connectivity index (χ2v) is 4.69. The number of halogens is 1. The molecule has 3 rings (SSSR count). The van der Waals surface area contributed by atoms with Crippen LogP contribution in [0.25, 0.3) is 0 Å². The Morgan fingerprint density at radius 1 is 1.00 bits per heavy atom. The molecule has 2 aromatic carbocycles. The predicted octanol–water partition coefficient (Wildman–Crippen LogP) is 3.20. The molecule has 0 unspecified atom stereocenters. The summed E-state index contributed by atoms with van der Waals surface area (Å²) in [5.41, 5.74) is 2.62. The van der Waals surface area contributed by atoms with E-state index in [1.165, 1.54) is 11.1 Å². The highest BCUT2D eigenvalue weighted by Crippen LogP contribution is 2.23. The standard InChI is InChI=1S/C16H17NO.ClH/c1-2-6-13(7-3-1)11-17-15-10-14-8-4-5-9-16(14)18-12-15;/h1-9,15,17H,10-12H2;1H/t15-;/m1./s1. The van der Waals surface area contributed by atoms with Crippen molar-refractivity contribution in [1.82, 2.24) is 5.32 Å². The zero-order chi connectivity index (χ0) is 12.2. The first kappa shape index (κ1) is 13.9. The molecule has 100 valence electrons. The van der Waals surface area contributed by atoms with E-state index in [4.69, 9.17) is 4.74 Å². The summed E-state index contributed by atoms with van der Waals surface area (Å²) in [6, 6.07) is 19.2. The maximum atomic E-state index is 5.76. The Morgan fingerprint density at radius 3 is 2.58 bits per heavy atom. The van der Waals surface area contributed by atoms with Crippen LogP contribution in [-0.4, -0.2) is 12.6 Å². The summed E-state index contributed by atoms with van der Waals surface area (Å²) in [6.07, 6.45) is 1.04. The number of hydrogen-bond donors (Lipinski definition) is 1. The van der Waals surface area contributed by atoms with E-state index in [-0.39, 0.29) is 12.4 Å². The van der Waals surface area contributed by atoms with Crippen molar-refractivity contribution < 1.29 is 4.74 Å². The van der Waals surface area contributed by atoms with Gasteiger partial charge in [-0.15, -0.1) is 12.4 Å². The van der Waals surface area contributed by atoms with Crippen molar-refractivity contribution in [3.8, 4) is 5.75 Å². The first-order chi connectivity index (χ1) is 8.92. The van der Waals surface area contributed by atoms with Gasteiger partial charge < -0.3 is 10.1 Å². The van der Waals surface area contributed by atoms with E-state index in [2.05, 4.69) is 41.7 Å². The molecule has 0 radical (unpaired) electrons. The van der Waals surface area contributed by atoms with Gasteiger partial charge in [0, 0.05) is 12.6 Å². The first-order valence-electron chi connectivity index (χ1n) is 6.40. The maximum Gasteiger partial charge on any atom is 0.122 e. The average molecular weight is 276 g/mol.